The summed E-state index contributed by atoms with van der Waals surface area (Å²) in [6, 6.07) is 19.7. The van der Waals surface area contributed by atoms with Crippen molar-refractivity contribution in [2.75, 3.05) is 26.2 Å². The van der Waals surface area contributed by atoms with E-state index in [1.165, 1.54) is 16.7 Å². The first-order valence-electron chi connectivity index (χ1n) is 11.7. The lowest BCUT2D eigenvalue weighted by Crippen LogP contribution is -2.51. The van der Waals surface area contributed by atoms with E-state index in [-0.39, 0.29) is 16.7 Å². The zero-order chi connectivity index (χ0) is 20.8. The van der Waals surface area contributed by atoms with Crippen LogP contribution in [-0.4, -0.2) is 37.0 Å². The van der Waals surface area contributed by atoms with Gasteiger partial charge in [-0.05, 0) is 53.7 Å². The van der Waals surface area contributed by atoms with Gasteiger partial charge in [-0.25, -0.2) is 0 Å². The minimum atomic E-state index is -0.0422. The Kier molecular flexibility index (Phi) is 4.97. The van der Waals surface area contributed by atoms with Crippen molar-refractivity contribution in [2.24, 2.45) is 5.92 Å². The summed E-state index contributed by atoms with van der Waals surface area (Å²) >= 11 is 0. The average Bonchev–Trinajstić information content (AvgIpc) is 3.22. The predicted octanol–water partition coefficient (Wildman–Crippen LogP) is 4.62. The molecule has 158 valence electrons. The highest BCUT2D eigenvalue weighted by molar-refractivity contribution is 5.82. The number of amides is 1. The van der Waals surface area contributed by atoms with Crippen molar-refractivity contribution in [2.45, 2.75) is 56.3 Å². The molecule has 2 aromatic carbocycles. The van der Waals surface area contributed by atoms with Crippen molar-refractivity contribution >= 4 is 5.91 Å². The monoisotopic (exact) mass is 402 g/mol. The number of rotatable bonds is 2. The molecule has 0 saturated carbocycles. The number of fused-ring (bicyclic) bond motifs is 2. The van der Waals surface area contributed by atoms with Crippen molar-refractivity contribution in [1.82, 2.24) is 10.2 Å². The molecule has 0 radical (unpaired) electrons. The molecule has 30 heavy (non-hydrogen) atoms. The van der Waals surface area contributed by atoms with Gasteiger partial charge in [0.1, 0.15) is 0 Å². The smallest absolute Gasteiger partial charge is 0.227 e. The van der Waals surface area contributed by atoms with E-state index in [4.69, 9.17) is 0 Å². The fourth-order valence-electron chi connectivity index (χ4n) is 6.32. The Hall–Kier alpha value is -2.13. The number of hydrogen-bond donors (Lipinski definition) is 1. The number of piperidine rings is 1. The molecule has 1 aliphatic carbocycles. The SMILES string of the molecule is CC1(C)CCC2(CNCC2C(=O)N2CCC(c3ccccc3)CC2)c2ccccc21. The van der Waals surface area contributed by atoms with Crippen LogP contribution >= 0.6 is 0 Å². The van der Waals surface area contributed by atoms with Crippen molar-refractivity contribution in [1.29, 1.82) is 0 Å². The molecule has 2 atom stereocenters. The van der Waals surface area contributed by atoms with Gasteiger partial charge in [0, 0.05) is 31.6 Å². The van der Waals surface area contributed by atoms with Crippen molar-refractivity contribution in [3.05, 3.63) is 71.3 Å². The van der Waals surface area contributed by atoms with Crippen LogP contribution in [0.1, 0.15) is 62.1 Å². The van der Waals surface area contributed by atoms with Gasteiger partial charge in [-0.3, -0.25) is 4.79 Å². The molecule has 2 saturated heterocycles. The van der Waals surface area contributed by atoms with Crippen LogP contribution < -0.4 is 5.32 Å². The molecule has 2 aliphatic heterocycles. The number of hydrogen-bond acceptors (Lipinski definition) is 2. The molecular formula is C27H34N2O. The van der Waals surface area contributed by atoms with Crippen LogP contribution in [0.5, 0.6) is 0 Å². The van der Waals surface area contributed by atoms with E-state index in [0.717, 1.165) is 51.9 Å². The van der Waals surface area contributed by atoms with Gasteiger partial charge in [-0.15, -0.1) is 0 Å². The maximum Gasteiger partial charge on any atom is 0.227 e. The first-order chi connectivity index (χ1) is 14.5. The lowest BCUT2D eigenvalue weighted by molar-refractivity contribution is -0.138. The average molecular weight is 403 g/mol. The van der Waals surface area contributed by atoms with Gasteiger partial charge in [-0.1, -0.05) is 68.4 Å². The van der Waals surface area contributed by atoms with Crippen LogP contribution in [0.15, 0.2) is 54.6 Å². The van der Waals surface area contributed by atoms with Gasteiger partial charge in [0.15, 0.2) is 0 Å². The van der Waals surface area contributed by atoms with Crippen molar-refractivity contribution in [3.63, 3.8) is 0 Å². The highest BCUT2D eigenvalue weighted by Gasteiger charge is 2.53. The van der Waals surface area contributed by atoms with E-state index in [0.29, 0.717) is 11.8 Å². The summed E-state index contributed by atoms with van der Waals surface area (Å²) < 4.78 is 0. The highest BCUT2D eigenvalue weighted by atomic mass is 16.2. The van der Waals surface area contributed by atoms with Crippen LogP contribution in [0.3, 0.4) is 0 Å². The Balaban J connectivity index is 1.37. The summed E-state index contributed by atoms with van der Waals surface area (Å²) in [5.41, 5.74) is 4.43. The maximum absolute atomic E-state index is 13.8. The Morgan fingerprint density at radius 1 is 0.933 bits per heavy atom. The summed E-state index contributed by atoms with van der Waals surface area (Å²) in [6.45, 7) is 8.22. The Morgan fingerprint density at radius 3 is 2.33 bits per heavy atom. The number of likely N-dealkylation sites (tertiary alicyclic amines) is 1. The molecule has 1 amide bonds. The fourth-order valence-corrected chi connectivity index (χ4v) is 6.32. The molecule has 2 aromatic rings. The number of benzene rings is 2. The molecule has 3 aliphatic rings. The zero-order valence-corrected chi connectivity index (χ0v) is 18.4. The van der Waals surface area contributed by atoms with Crippen molar-refractivity contribution < 1.29 is 4.79 Å². The molecular weight excluding hydrogens is 368 g/mol. The van der Waals surface area contributed by atoms with Gasteiger partial charge in [0.05, 0.1) is 5.92 Å². The first kappa shape index (κ1) is 19.8. The number of carbonyl (C=O) groups is 1. The first-order valence-corrected chi connectivity index (χ1v) is 11.7. The summed E-state index contributed by atoms with van der Waals surface area (Å²) in [7, 11) is 0. The third-order valence-corrected chi connectivity index (χ3v) is 8.22. The number of carbonyl (C=O) groups excluding carboxylic acids is 1. The number of nitrogens with one attached hydrogen (secondary N) is 1. The van der Waals surface area contributed by atoms with E-state index in [2.05, 4.69) is 78.7 Å². The second-order valence-corrected chi connectivity index (χ2v) is 10.3. The van der Waals surface area contributed by atoms with Crippen molar-refractivity contribution in [3.8, 4) is 0 Å². The van der Waals surface area contributed by atoms with Gasteiger partial charge in [0.2, 0.25) is 5.91 Å². The van der Waals surface area contributed by atoms with Crippen LogP contribution in [0.25, 0.3) is 0 Å². The predicted molar refractivity (Wildman–Crippen MR) is 122 cm³/mol. The van der Waals surface area contributed by atoms with E-state index in [1.807, 2.05) is 0 Å². The molecule has 2 unspecified atom stereocenters. The van der Waals surface area contributed by atoms with E-state index >= 15 is 0 Å². The summed E-state index contributed by atoms with van der Waals surface area (Å²) in [4.78, 5) is 15.9. The zero-order valence-electron chi connectivity index (χ0n) is 18.4. The van der Waals surface area contributed by atoms with E-state index in [1.54, 1.807) is 0 Å². The Labute approximate surface area is 180 Å². The van der Waals surface area contributed by atoms with E-state index in [9.17, 15) is 4.79 Å². The van der Waals surface area contributed by atoms with Gasteiger partial charge >= 0.3 is 0 Å². The Bertz CT molecular complexity index is 913. The minimum absolute atomic E-state index is 0.0422. The maximum atomic E-state index is 13.8. The molecule has 3 heteroatoms. The van der Waals surface area contributed by atoms with Gasteiger partial charge in [0.25, 0.3) is 0 Å². The van der Waals surface area contributed by atoms with Gasteiger partial charge < -0.3 is 10.2 Å². The van der Waals surface area contributed by atoms with E-state index < -0.39 is 0 Å². The highest BCUT2D eigenvalue weighted by Crippen LogP contribution is 2.51. The van der Waals surface area contributed by atoms with Gasteiger partial charge in [-0.2, -0.15) is 0 Å². The molecule has 0 aromatic heterocycles. The molecule has 1 spiro atoms. The third kappa shape index (κ3) is 3.19. The normalized spacial score (nSPS) is 28.5. The summed E-state index contributed by atoms with van der Waals surface area (Å²) in [5.74, 6) is 1.02. The van der Waals surface area contributed by atoms with Crippen LogP contribution in [-0.2, 0) is 15.6 Å². The van der Waals surface area contributed by atoms with Crippen LogP contribution in [0.4, 0.5) is 0 Å². The molecule has 3 nitrogen and oxygen atoms in total. The Morgan fingerprint density at radius 2 is 1.60 bits per heavy atom. The lowest BCUT2D eigenvalue weighted by atomic mass is 9.58. The van der Waals surface area contributed by atoms with Crippen LogP contribution in [0.2, 0.25) is 0 Å². The summed E-state index contributed by atoms with van der Waals surface area (Å²) in [6.07, 6.45) is 4.39. The molecule has 2 heterocycles. The molecule has 0 bridgehead atoms. The fraction of sp³-hybridized carbons (Fsp3) is 0.519. The molecule has 2 fully saturated rings. The second-order valence-electron chi connectivity index (χ2n) is 10.3. The quantitative estimate of drug-likeness (QED) is 0.795. The second kappa shape index (κ2) is 7.53. The lowest BCUT2D eigenvalue weighted by Gasteiger charge is -2.47. The summed E-state index contributed by atoms with van der Waals surface area (Å²) in [5, 5.41) is 3.61. The topological polar surface area (TPSA) is 32.3 Å². The molecule has 1 N–H and O–H groups in total. The standard InChI is InChI=1S/C27H34N2O/c1-26(2)14-15-27(23-11-7-6-10-22(23)26)19-28-18-24(27)25(30)29-16-12-21(13-17-29)20-8-4-3-5-9-20/h3-11,21,24,28H,12-19H2,1-2H3. The minimum Gasteiger partial charge on any atom is -0.342 e. The number of nitrogens with zero attached hydrogens (tertiary/aromatic N) is 1. The largest absolute Gasteiger partial charge is 0.342 e. The van der Waals surface area contributed by atoms with Crippen LogP contribution in [0, 0.1) is 5.92 Å². The third-order valence-electron chi connectivity index (χ3n) is 8.22. The molecule has 5 rings (SSSR count).